The molecule has 4 heterocycles. The van der Waals surface area contributed by atoms with E-state index < -0.39 is 11.2 Å². The Balaban J connectivity index is 1.46. The molecule has 0 saturated heterocycles. The van der Waals surface area contributed by atoms with Crippen LogP contribution in [0, 0.1) is 0 Å². The first-order valence-corrected chi connectivity index (χ1v) is 11.9. The summed E-state index contributed by atoms with van der Waals surface area (Å²) in [5.41, 5.74) is 1.16. The Bertz CT molecular complexity index is 1620. The molecule has 0 aliphatic heterocycles. The molecule has 0 fully saturated rings. The predicted molar refractivity (Wildman–Crippen MR) is 123 cm³/mol. The van der Waals surface area contributed by atoms with Gasteiger partial charge in [-0.25, -0.2) is 19.7 Å². The van der Waals surface area contributed by atoms with Gasteiger partial charge in [-0.05, 0) is 18.4 Å². The first-order valence-electron chi connectivity index (χ1n) is 9.02. The lowest BCUT2D eigenvalue weighted by atomic mass is 10.3. The number of fused-ring (bicyclic) bond motifs is 4. The fourth-order valence-electron chi connectivity index (χ4n) is 3.32. The highest BCUT2D eigenvalue weighted by Crippen LogP contribution is 2.37. The summed E-state index contributed by atoms with van der Waals surface area (Å²) in [6.45, 7) is -0.132. The van der Waals surface area contributed by atoms with Gasteiger partial charge in [0.25, 0.3) is 5.56 Å². The van der Waals surface area contributed by atoms with Gasteiger partial charge >= 0.3 is 5.69 Å². The number of hydrogen-bond acceptors (Lipinski definition) is 9. The van der Waals surface area contributed by atoms with Crippen LogP contribution in [0.3, 0.4) is 0 Å². The van der Waals surface area contributed by atoms with E-state index in [0.717, 1.165) is 29.3 Å². The third-order valence-electron chi connectivity index (χ3n) is 4.84. The van der Waals surface area contributed by atoms with E-state index in [1.165, 1.54) is 40.9 Å². The second-order valence-corrected chi connectivity index (χ2v) is 9.82. The van der Waals surface area contributed by atoms with Gasteiger partial charge in [-0.2, -0.15) is 0 Å². The first-order chi connectivity index (χ1) is 14.9. The fraction of sp³-hybridized carbons (Fsp3) is 0.222. The number of thiazole rings is 2. The molecular weight excluding hydrogens is 458 g/mol. The standard InChI is InChI=1S/C18H15N7O3S3/c1-23-14-11(15(27)24(2)18(23)28)25(7-19-14)6-10(26)22-16-20-8-4-5-9-13(12(8)30-16)31-17(21-9)29-3/h4-5,7H,6H2,1-3H3,(H,20,22,26). The molecule has 10 nitrogen and oxygen atoms in total. The number of aromatic nitrogens is 6. The van der Waals surface area contributed by atoms with Crippen molar-refractivity contribution in [3.63, 3.8) is 0 Å². The monoisotopic (exact) mass is 473 g/mol. The Hall–Kier alpha value is -3.03. The highest BCUT2D eigenvalue weighted by molar-refractivity contribution is 8.00. The van der Waals surface area contributed by atoms with Gasteiger partial charge in [0.15, 0.2) is 20.6 Å². The molecule has 0 atom stereocenters. The SMILES string of the molecule is CSc1nc2ccc3nc(NC(=O)Cn4cnc5c4c(=O)n(C)c(=O)n5C)sc3c2s1. The lowest BCUT2D eigenvalue weighted by Gasteiger charge is -2.06. The molecule has 158 valence electrons. The zero-order valence-corrected chi connectivity index (χ0v) is 19.0. The first kappa shape index (κ1) is 19.9. The molecule has 1 amide bonds. The zero-order valence-electron chi connectivity index (χ0n) is 16.6. The summed E-state index contributed by atoms with van der Waals surface area (Å²) in [6, 6.07) is 3.82. The number of hydrogen-bond donors (Lipinski definition) is 1. The Labute approximate surface area is 186 Å². The van der Waals surface area contributed by atoms with E-state index in [2.05, 4.69) is 20.3 Å². The van der Waals surface area contributed by atoms with E-state index in [9.17, 15) is 14.4 Å². The molecule has 0 aliphatic carbocycles. The molecule has 0 saturated carbocycles. The largest absolute Gasteiger partial charge is 0.332 e. The van der Waals surface area contributed by atoms with E-state index >= 15 is 0 Å². The number of nitrogens with zero attached hydrogens (tertiary/aromatic N) is 6. The Morgan fingerprint density at radius 2 is 1.81 bits per heavy atom. The number of anilines is 1. The van der Waals surface area contributed by atoms with Gasteiger partial charge in [-0.3, -0.25) is 18.7 Å². The molecule has 5 aromatic rings. The lowest BCUT2D eigenvalue weighted by molar-refractivity contribution is -0.116. The van der Waals surface area contributed by atoms with Crippen LogP contribution in [0.15, 0.2) is 32.4 Å². The van der Waals surface area contributed by atoms with Crippen molar-refractivity contribution in [3.8, 4) is 0 Å². The number of carbonyl (C=O) groups excluding carboxylic acids is 1. The van der Waals surface area contributed by atoms with E-state index in [1.54, 1.807) is 23.1 Å². The highest BCUT2D eigenvalue weighted by Gasteiger charge is 2.17. The summed E-state index contributed by atoms with van der Waals surface area (Å²) in [5, 5.41) is 3.27. The van der Waals surface area contributed by atoms with Crippen LogP contribution in [0.25, 0.3) is 31.6 Å². The van der Waals surface area contributed by atoms with Crippen LogP contribution in [0.1, 0.15) is 0 Å². The second kappa shape index (κ2) is 7.28. The van der Waals surface area contributed by atoms with Crippen LogP contribution in [0.4, 0.5) is 5.13 Å². The average Bonchev–Trinajstić information content (AvgIpc) is 3.46. The lowest BCUT2D eigenvalue weighted by Crippen LogP contribution is -2.37. The highest BCUT2D eigenvalue weighted by atomic mass is 32.2. The van der Waals surface area contributed by atoms with Crippen molar-refractivity contribution in [3.05, 3.63) is 39.3 Å². The Morgan fingerprint density at radius 1 is 1.10 bits per heavy atom. The van der Waals surface area contributed by atoms with Crippen molar-refractivity contribution in [1.82, 2.24) is 28.7 Å². The number of carbonyl (C=O) groups is 1. The summed E-state index contributed by atoms with van der Waals surface area (Å²) < 4.78 is 6.71. The van der Waals surface area contributed by atoms with Crippen molar-refractivity contribution in [2.75, 3.05) is 11.6 Å². The topological polar surface area (TPSA) is 117 Å². The maximum atomic E-state index is 12.7. The summed E-state index contributed by atoms with van der Waals surface area (Å²) in [5.74, 6) is -0.348. The van der Waals surface area contributed by atoms with Gasteiger partial charge in [0.1, 0.15) is 6.54 Å². The van der Waals surface area contributed by atoms with E-state index in [-0.39, 0.29) is 23.6 Å². The molecule has 0 spiro atoms. The van der Waals surface area contributed by atoms with Crippen molar-refractivity contribution < 1.29 is 4.79 Å². The van der Waals surface area contributed by atoms with Crippen molar-refractivity contribution in [2.24, 2.45) is 14.1 Å². The summed E-state index contributed by atoms with van der Waals surface area (Å²) in [4.78, 5) is 50.5. The predicted octanol–water partition coefficient (Wildman–Crippen LogP) is 2.01. The Kier molecular flexibility index (Phi) is 4.68. The number of benzene rings is 1. The fourth-order valence-corrected chi connectivity index (χ4v) is 6.00. The summed E-state index contributed by atoms with van der Waals surface area (Å²) in [6.07, 6.45) is 3.37. The van der Waals surface area contributed by atoms with Gasteiger partial charge in [0.2, 0.25) is 5.91 Å². The normalized spacial score (nSPS) is 11.7. The zero-order chi connectivity index (χ0) is 21.9. The van der Waals surface area contributed by atoms with E-state index in [1.807, 2.05) is 18.4 Å². The molecule has 1 N–H and O–H groups in total. The minimum Gasteiger partial charge on any atom is -0.315 e. The molecule has 4 aromatic heterocycles. The minimum absolute atomic E-state index is 0.132. The number of aryl methyl sites for hydroxylation is 1. The van der Waals surface area contributed by atoms with Crippen LogP contribution < -0.4 is 16.6 Å². The van der Waals surface area contributed by atoms with Crippen molar-refractivity contribution in [1.29, 1.82) is 0 Å². The number of rotatable bonds is 4. The molecule has 0 bridgehead atoms. The third kappa shape index (κ3) is 3.16. The molecule has 5 rings (SSSR count). The second-order valence-electron chi connectivity index (χ2n) is 6.76. The van der Waals surface area contributed by atoms with Crippen LogP contribution >= 0.6 is 34.4 Å². The Morgan fingerprint density at radius 3 is 2.55 bits per heavy atom. The van der Waals surface area contributed by atoms with Crippen molar-refractivity contribution >= 4 is 77.1 Å². The van der Waals surface area contributed by atoms with Gasteiger partial charge in [-0.1, -0.05) is 23.1 Å². The number of nitrogens with one attached hydrogen (secondary N) is 1. The van der Waals surface area contributed by atoms with Crippen LogP contribution in [0.2, 0.25) is 0 Å². The van der Waals surface area contributed by atoms with Crippen molar-refractivity contribution in [2.45, 2.75) is 10.9 Å². The number of imidazole rings is 1. The molecular formula is C18H15N7O3S3. The minimum atomic E-state index is -0.499. The van der Waals surface area contributed by atoms with Crippen LogP contribution in [-0.4, -0.2) is 40.8 Å². The van der Waals surface area contributed by atoms with Crippen LogP contribution in [0.5, 0.6) is 0 Å². The van der Waals surface area contributed by atoms with Gasteiger partial charge in [-0.15, -0.1) is 11.3 Å². The van der Waals surface area contributed by atoms with E-state index in [4.69, 9.17) is 0 Å². The smallest absolute Gasteiger partial charge is 0.315 e. The average molecular weight is 474 g/mol. The van der Waals surface area contributed by atoms with Gasteiger partial charge in [0.05, 0.1) is 26.8 Å². The van der Waals surface area contributed by atoms with Gasteiger partial charge in [0, 0.05) is 14.1 Å². The quantitative estimate of drug-likeness (QED) is 0.397. The molecule has 31 heavy (non-hydrogen) atoms. The third-order valence-corrected chi connectivity index (χ3v) is 8.05. The summed E-state index contributed by atoms with van der Waals surface area (Å²) in [7, 11) is 2.93. The molecule has 13 heteroatoms. The summed E-state index contributed by atoms with van der Waals surface area (Å²) >= 11 is 4.58. The van der Waals surface area contributed by atoms with Crippen LogP contribution in [-0.2, 0) is 25.4 Å². The molecule has 1 aromatic carbocycles. The maximum Gasteiger partial charge on any atom is 0.332 e. The maximum absolute atomic E-state index is 12.7. The van der Waals surface area contributed by atoms with E-state index in [0.29, 0.717) is 5.13 Å². The van der Waals surface area contributed by atoms with Gasteiger partial charge < -0.3 is 9.88 Å². The molecule has 0 unspecified atom stereocenters. The molecule has 0 radical (unpaired) electrons. The molecule has 0 aliphatic rings. The number of thioether (sulfide) groups is 1. The number of amides is 1.